The number of hydrogen-bond donors (Lipinski definition) is 3. The molecule has 3 aromatic heterocycles. The van der Waals surface area contributed by atoms with E-state index < -0.39 is 42.5 Å². The van der Waals surface area contributed by atoms with Crippen LogP contribution in [0.25, 0.3) is 22.6 Å². The van der Waals surface area contributed by atoms with Crippen LogP contribution in [0.2, 0.25) is 0 Å². The Morgan fingerprint density at radius 2 is 1.91 bits per heavy atom. The molecular formula is C18H15F5N9O3-. The highest BCUT2D eigenvalue weighted by molar-refractivity contribution is 6.07. The number of amides is 2. The van der Waals surface area contributed by atoms with Gasteiger partial charge in [0.15, 0.2) is 11.5 Å². The summed E-state index contributed by atoms with van der Waals surface area (Å²) in [4.78, 5) is 39.8. The number of aromatic nitrogens is 6. The van der Waals surface area contributed by atoms with Crippen molar-refractivity contribution in [2.45, 2.75) is 37.4 Å². The van der Waals surface area contributed by atoms with Gasteiger partial charge < -0.3 is 26.3 Å². The lowest BCUT2D eigenvalue weighted by molar-refractivity contribution is -0.284. The Labute approximate surface area is 191 Å². The van der Waals surface area contributed by atoms with E-state index >= 15 is 0 Å². The number of aryl methyl sites for hydroxylation is 2. The zero-order valence-corrected chi connectivity index (χ0v) is 17.9. The molecule has 0 saturated heterocycles. The third-order valence-electron chi connectivity index (χ3n) is 5.40. The van der Waals surface area contributed by atoms with Crippen LogP contribution in [0, 0.1) is 0 Å². The lowest BCUT2D eigenvalue weighted by Gasteiger charge is -2.25. The molecule has 1 aliphatic rings. The van der Waals surface area contributed by atoms with Gasteiger partial charge in [-0.2, -0.15) is 27.1 Å². The molecule has 1 atom stereocenters. The molecule has 0 bridgehead atoms. The number of rotatable bonds is 5. The second kappa shape index (κ2) is 7.67. The van der Waals surface area contributed by atoms with Crippen LogP contribution >= 0.6 is 0 Å². The number of nitrogens with zero attached hydrogens (tertiary/aromatic N) is 6. The zero-order valence-electron chi connectivity index (χ0n) is 17.9. The molecule has 186 valence electrons. The Morgan fingerprint density at radius 3 is 2.54 bits per heavy atom. The molecule has 1 aliphatic heterocycles. The van der Waals surface area contributed by atoms with Crippen molar-refractivity contribution >= 4 is 34.7 Å². The molecule has 0 aromatic carbocycles. The molecule has 17 heteroatoms. The first-order valence-corrected chi connectivity index (χ1v) is 9.76. The number of hydrogen-bond acceptors (Lipinski definition) is 9. The maximum absolute atomic E-state index is 13.4. The van der Waals surface area contributed by atoms with Crippen LogP contribution in [-0.4, -0.2) is 53.8 Å². The van der Waals surface area contributed by atoms with Crippen molar-refractivity contribution in [1.29, 1.82) is 0 Å². The molecule has 2 amide bonds. The predicted molar refractivity (Wildman–Crippen MR) is 106 cm³/mol. The van der Waals surface area contributed by atoms with Gasteiger partial charge in [0.25, 0.3) is 5.91 Å². The number of halogens is 5. The molecule has 35 heavy (non-hydrogen) atoms. The second-order valence-electron chi connectivity index (χ2n) is 7.84. The lowest BCUT2D eigenvalue weighted by atomic mass is 9.95. The van der Waals surface area contributed by atoms with E-state index in [1.807, 2.05) is 5.32 Å². The highest BCUT2D eigenvalue weighted by Gasteiger charge is 2.56. The first-order chi connectivity index (χ1) is 16.1. The Hall–Kier alpha value is -4.18. The Balaban J connectivity index is 1.81. The van der Waals surface area contributed by atoms with E-state index in [-0.39, 0.29) is 45.6 Å². The van der Waals surface area contributed by atoms with Gasteiger partial charge in [0.2, 0.25) is 0 Å². The topological polar surface area (TPSA) is 177 Å². The van der Waals surface area contributed by atoms with Gasteiger partial charge in [-0.3, -0.25) is 9.48 Å². The average Bonchev–Trinajstić information content (AvgIpc) is 3.21. The summed E-state index contributed by atoms with van der Waals surface area (Å²) in [6.07, 6.45) is -8.64. The van der Waals surface area contributed by atoms with Crippen LogP contribution in [0.5, 0.6) is 0 Å². The average molecular weight is 500 g/mol. The molecule has 0 fully saturated rings. The second-order valence-corrected chi connectivity index (χ2v) is 7.84. The van der Waals surface area contributed by atoms with Crippen molar-refractivity contribution in [3.05, 3.63) is 17.6 Å². The molecule has 4 heterocycles. The highest BCUT2D eigenvalue weighted by Crippen LogP contribution is 2.40. The van der Waals surface area contributed by atoms with Crippen LogP contribution in [-0.2, 0) is 23.8 Å². The maximum atomic E-state index is 13.4. The SMILES string of the molecule is Cn1ncc2c(-c3nc(N)c4c(n3)NC(=O)C4(C)NC(=O)[O-])nc(CCC(F)(F)C(F)(F)F)nc21. The van der Waals surface area contributed by atoms with Gasteiger partial charge in [0.1, 0.15) is 34.8 Å². The number of carboxylic acid groups (broad SMARTS) is 1. The minimum atomic E-state index is -5.74. The predicted octanol–water partition coefficient (Wildman–Crippen LogP) is 0.633. The van der Waals surface area contributed by atoms with Crippen molar-refractivity contribution in [3.63, 3.8) is 0 Å². The van der Waals surface area contributed by atoms with Crippen LogP contribution in [0.4, 0.5) is 38.4 Å². The van der Waals surface area contributed by atoms with E-state index in [4.69, 9.17) is 5.73 Å². The molecule has 1 unspecified atom stereocenters. The largest absolute Gasteiger partial charge is 0.530 e. The van der Waals surface area contributed by atoms with E-state index in [0.717, 1.165) is 0 Å². The highest BCUT2D eigenvalue weighted by atomic mass is 19.4. The third-order valence-corrected chi connectivity index (χ3v) is 5.40. The smallest absolute Gasteiger partial charge is 0.453 e. The summed E-state index contributed by atoms with van der Waals surface area (Å²) in [6.45, 7) is 1.21. The minimum Gasteiger partial charge on any atom is -0.530 e. The number of alkyl halides is 5. The minimum absolute atomic E-state index is 0.0861. The van der Waals surface area contributed by atoms with E-state index in [2.05, 4.69) is 30.4 Å². The van der Waals surface area contributed by atoms with E-state index in [9.17, 15) is 36.6 Å². The van der Waals surface area contributed by atoms with Crippen LogP contribution in [0.15, 0.2) is 6.20 Å². The van der Waals surface area contributed by atoms with Gasteiger partial charge in [-0.25, -0.2) is 19.9 Å². The van der Waals surface area contributed by atoms with Gasteiger partial charge in [-0.1, -0.05) is 0 Å². The molecule has 3 aromatic rings. The Bertz CT molecular complexity index is 1370. The van der Waals surface area contributed by atoms with E-state index in [1.54, 1.807) is 0 Å². The molecule has 4 N–H and O–H groups in total. The van der Waals surface area contributed by atoms with Gasteiger partial charge in [-0.15, -0.1) is 0 Å². The first kappa shape index (κ1) is 24.0. The van der Waals surface area contributed by atoms with Crippen LogP contribution < -0.4 is 21.5 Å². The Morgan fingerprint density at radius 1 is 1.23 bits per heavy atom. The van der Waals surface area contributed by atoms with E-state index in [0.29, 0.717) is 0 Å². The van der Waals surface area contributed by atoms with Gasteiger partial charge in [0.05, 0.1) is 17.1 Å². The van der Waals surface area contributed by atoms with Crippen molar-refractivity contribution in [1.82, 2.24) is 35.0 Å². The molecule has 4 rings (SSSR count). The first-order valence-electron chi connectivity index (χ1n) is 9.76. The van der Waals surface area contributed by atoms with Crippen LogP contribution in [0.1, 0.15) is 24.7 Å². The lowest BCUT2D eigenvalue weighted by Crippen LogP contribution is -2.53. The van der Waals surface area contributed by atoms with Gasteiger partial charge >= 0.3 is 12.1 Å². The summed E-state index contributed by atoms with van der Waals surface area (Å²) in [5, 5.41) is 19.6. The fourth-order valence-electron chi connectivity index (χ4n) is 3.60. The fourth-order valence-corrected chi connectivity index (χ4v) is 3.60. The summed E-state index contributed by atoms with van der Waals surface area (Å²) >= 11 is 0. The normalized spacial score (nSPS) is 18.0. The maximum Gasteiger partial charge on any atom is 0.453 e. The monoisotopic (exact) mass is 500 g/mol. The van der Waals surface area contributed by atoms with Crippen molar-refractivity contribution in [3.8, 4) is 11.5 Å². The van der Waals surface area contributed by atoms with E-state index in [1.165, 1.54) is 24.9 Å². The summed E-state index contributed by atoms with van der Waals surface area (Å²) in [5.41, 5.74) is 4.04. The molecule has 12 nitrogen and oxygen atoms in total. The zero-order chi connectivity index (χ0) is 25.9. The quantitative estimate of drug-likeness (QED) is 0.424. The molecule has 0 aliphatic carbocycles. The van der Waals surface area contributed by atoms with Gasteiger partial charge in [0, 0.05) is 19.9 Å². The number of nitrogen functional groups attached to an aromatic ring is 1. The van der Waals surface area contributed by atoms with Gasteiger partial charge in [-0.05, 0) is 6.92 Å². The Kier molecular flexibility index (Phi) is 5.25. The number of carbonyl (C=O) groups is 2. The number of anilines is 2. The van der Waals surface area contributed by atoms with Crippen molar-refractivity contribution in [2.75, 3.05) is 11.1 Å². The fraction of sp³-hybridized carbons (Fsp3) is 0.389. The number of fused-ring (bicyclic) bond motifs is 2. The van der Waals surface area contributed by atoms with Crippen molar-refractivity contribution in [2.24, 2.45) is 7.05 Å². The number of carbonyl (C=O) groups excluding carboxylic acids is 2. The summed E-state index contributed by atoms with van der Waals surface area (Å²) in [5.74, 6) is -6.86. The summed E-state index contributed by atoms with van der Waals surface area (Å²) in [6, 6.07) is 0. The number of nitrogens with two attached hydrogens (primary N) is 1. The van der Waals surface area contributed by atoms with Crippen molar-refractivity contribution < 1.29 is 36.6 Å². The van der Waals surface area contributed by atoms with Crippen LogP contribution in [0.3, 0.4) is 0 Å². The molecule has 0 radical (unpaired) electrons. The summed E-state index contributed by atoms with van der Waals surface area (Å²) < 4.78 is 65.9. The molecule has 0 saturated carbocycles. The molecular weight excluding hydrogens is 485 g/mol. The third kappa shape index (κ3) is 3.91. The summed E-state index contributed by atoms with van der Waals surface area (Å²) in [7, 11) is 1.46. The molecule has 0 spiro atoms. The number of nitrogens with one attached hydrogen (secondary N) is 2. The standard InChI is InChI=1S/C18H16F5N9O3/c1-16(31-15(34)35)8-10(24)28-12(29-11(8)30-14(16)33)9-6-5-25-32(2)13(6)27-7(26-9)3-4-17(19,20)18(21,22)23/h5,31H,3-4H2,1-2H3,(H,34,35)(H3,24,28,29,30,33)/p-1.